The van der Waals surface area contributed by atoms with Crippen LogP contribution in [0.15, 0.2) is 12.1 Å². The van der Waals surface area contributed by atoms with Gasteiger partial charge in [0.05, 0.1) is 21.7 Å². The quantitative estimate of drug-likeness (QED) is 0.831. The molecule has 0 aliphatic carbocycles. The molecule has 8 heteroatoms. The molecule has 0 amide bonds. The molecule has 3 unspecified atom stereocenters. The van der Waals surface area contributed by atoms with E-state index in [4.69, 9.17) is 54.1 Å². The molecule has 1 aliphatic rings. The predicted octanol–water partition coefficient (Wildman–Crippen LogP) is 2.08. The van der Waals surface area contributed by atoms with Crippen LogP contribution in [-0.2, 0) is 9.47 Å². The zero-order valence-electron chi connectivity index (χ0n) is 9.55. The van der Waals surface area contributed by atoms with Crippen LogP contribution in [0.25, 0.3) is 0 Å². The van der Waals surface area contributed by atoms with Gasteiger partial charge in [-0.1, -0.05) is 34.8 Å². The molecule has 3 atom stereocenters. The van der Waals surface area contributed by atoms with Crippen molar-refractivity contribution >= 4 is 34.8 Å². The summed E-state index contributed by atoms with van der Waals surface area (Å²) in [6.45, 7) is 0.179. The summed E-state index contributed by atoms with van der Waals surface area (Å²) in [6, 6.07) is 2.96. The minimum atomic E-state index is -1.40. The molecule has 1 saturated heterocycles. The first-order chi connectivity index (χ1) is 8.97. The topological polar surface area (TPSA) is 68.2 Å². The fourth-order valence-corrected chi connectivity index (χ4v) is 2.07. The lowest BCUT2D eigenvalue weighted by Crippen LogP contribution is -2.45. The highest BCUT2D eigenvalue weighted by molar-refractivity contribution is 6.43. The number of benzene rings is 1. The molecular weight excluding hydrogens is 318 g/mol. The fraction of sp³-hybridized carbons (Fsp3) is 0.455. The van der Waals surface area contributed by atoms with Crippen LogP contribution in [0.5, 0.6) is 5.75 Å². The van der Waals surface area contributed by atoms with Crippen molar-refractivity contribution in [2.75, 3.05) is 13.2 Å². The standard InChI is InChI=1S/C11H11Cl3O5/c12-6-1-8(14)9(2-7(6)13)17-3-5-4-18-10(15)11(16)19-5/h1-2,5,10-11,15-16H,3-4H2. The van der Waals surface area contributed by atoms with Gasteiger partial charge in [0.2, 0.25) is 12.6 Å². The Labute approximate surface area is 124 Å². The molecule has 0 radical (unpaired) electrons. The molecule has 0 aromatic heterocycles. The smallest absolute Gasteiger partial charge is 0.207 e. The second kappa shape index (κ2) is 6.45. The lowest BCUT2D eigenvalue weighted by molar-refractivity contribution is -0.316. The third kappa shape index (κ3) is 3.86. The van der Waals surface area contributed by atoms with Crippen molar-refractivity contribution in [3.63, 3.8) is 0 Å². The molecule has 1 heterocycles. The highest BCUT2D eigenvalue weighted by atomic mass is 35.5. The predicted molar refractivity (Wildman–Crippen MR) is 69.8 cm³/mol. The van der Waals surface area contributed by atoms with Crippen LogP contribution in [-0.4, -0.2) is 42.1 Å². The second-order valence-corrected chi connectivity index (χ2v) is 5.10. The van der Waals surface area contributed by atoms with Gasteiger partial charge in [-0.25, -0.2) is 0 Å². The van der Waals surface area contributed by atoms with Gasteiger partial charge in [-0.2, -0.15) is 0 Å². The summed E-state index contributed by atoms with van der Waals surface area (Å²) in [5.41, 5.74) is 0. The Morgan fingerprint density at radius 1 is 1.11 bits per heavy atom. The van der Waals surface area contributed by atoms with Crippen LogP contribution in [0.2, 0.25) is 15.1 Å². The zero-order valence-corrected chi connectivity index (χ0v) is 11.8. The number of hydrogen-bond acceptors (Lipinski definition) is 5. The Morgan fingerprint density at radius 2 is 1.79 bits per heavy atom. The maximum atomic E-state index is 9.26. The second-order valence-electron chi connectivity index (χ2n) is 3.88. The van der Waals surface area contributed by atoms with E-state index in [9.17, 15) is 5.11 Å². The zero-order chi connectivity index (χ0) is 14.0. The molecule has 1 aliphatic heterocycles. The summed E-state index contributed by atoms with van der Waals surface area (Å²) in [4.78, 5) is 0. The highest BCUT2D eigenvalue weighted by Gasteiger charge is 2.29. The van der Waals surface area contributed by atoms with E-state index in [0.717, 1.165) is 0 Å². The van der Waals surface area contributed by atoms with Crippen molar-refractivity contribution < 1.29 is 24.4 Å². The first kappa shape index (κ1) is 15.1. The summed E-state index contributed by atoms with van der Waals surface area (Å²) in [7, 11) is 0. The lowest BCUT2D eigenvalue weighted by atomic mass is 10.3. The monoisotopic (exact) mass is 328 g/mol. The number of aliphatic hydroxyl groups is 2. The Hall–Kier alpha value is -0.270. The van der Waals surface area contributed by atoms with Crippen LogP contribution in [0, 0.1) is 0 Å². The Bertz CT molecular complexity index is 456. The van der Waals surface area contributed by atoms with Crippen molar-refractivity contribution in [1.82, 2.24) is 0 Å². The normalized spacial score (nSPS) is 27.3. The van der Waals surface area contributed by atoms with Gasteiger partial charge in [-0.05, 0) is 6.07 Å². The van der Waals surface area contributed by atoms with E-state index in [0.29, 0.717) is 20.8 Å². The number of aliphatic hydroxyl groups excluding tert-OH is 2. The first-order valence-electron chi connectivity index (χ1n) is 5.38. The summed E-state index contributed by atoms with van der Waals surface area (Å²) < 4.78 is 15.4. The summed E-state index contributed by atoms with van der Waals surface area (Å²) >= 11 is 17.6. The average Bonchev–Trinajstić information content (AvgIpc) is 2.36. The minimum absolute atomic E-state index is 0.0848. The Balaban J connectivity index is 1.94. The van der Waals surface area contributed by atoms with E-state index < -0.39 is 18.7 Å². The molecule has 1 aromatic carbocycles. The third-order valence-corrected chi connectivity index (χ3v) is 3.45. The average molecular weight is 330 g/mol. The van der Waals surface area contributed by atoms with Crippen molar-refractivity contribution in [3.05, 3.63) is 27.2 Å². The van der Waals surface area contributed by atoms with Gasteiger partial charge in [0, 0.05) is 6.07 Å². The van der Waals surface area contributed by atoms with Gasteiger partial charge in [0.25, 0.3) is 0 Å². The maximum absolute atomic E-state index is 9.26. The van der Waals surface area contributed by atoms with Gasteiger partial charge in [0.1, 0.15) is 18.5 Å². The molecule has 0 spiro atoms. The van der Waals surface area contributed by atoms with Crippen LogP contribution in [0.4, 0.5) is 0 Å². The van der Waals surface area contributed by atoms with E-state index in [1.54, 1.807) is 0 Å². The highest BCUT2D eigenvalue weighted by Crippen LogP contribution is 2.34. The minimum Gasteiger partial charge on any atom is -0.489 e. The van der Waals surface area contributed by atoms with Crippen molar-refractivity contribution in [2.24, 2.45) is 0 Å². The first-order valence-corrected chi connectivity index (χ1v) is 6.51. The van der Waals surface area contributed by atoms with Gasteiger partial charge in [-0.3, -0.25) is 0 Å². The van der Waals surface area contributed by atoms with Crippen LogP contribution >= 0.6 is 34.8 Å². The molecule has 1 aromatic rings. The van der Waals surface area contributed by atoms with E-state index in [1.807, 2.05) is 0 Å². The van der Waals surface area contributed by atoms with E-state index in [1.165, 1.54) is 12.1 Å². The van der Waals surface area contributed by atoms with E-state index in [-0.39, 0.29) is 13.2 Å². The van der Waals surface area contributed by atoms with Gasteiger partial charge >= 0.3 is 0 Å². The van der Waals surface area contributed by atoms with E-state index >= 15 is 0 Å². The Kier molecular flexibility index (Phi) is 5.14. The SMILES string of the molecule is OC1OCC(COc2cc(Cl)c(Cl)cc2Cl)OC1O. The summed E-state index contributed by atoms with van der Waals surface area (Å²) in [5.74, 6) is 0.347. The fourth-order valence-electron chi connectivity index (χ4n) is 1.48. The maximum Gasteiger partial charge on any atom is 0.207 e. The molecule has 1 fully saturated rings. The number of rotatable bonds is 3. The van der Waals surface area contributed by atoms with Crippen LogP contribution in [0.3, 0.4) is 0 Å². The molecule has 2 N–H and O–H groups in total. The number of ether oxygens (including phenoxy) is 3. The largest absolute Gasteiger partial charge is 0.489 e. The summed E-state index contributed by atoms with van der Waals surface area (Å²) in [6.07, 6.45) is -3.26. The summed E-state index contributed by atoms with van der Waals surface area (Å²) in [5, 5.41) is 19.3. The van der Waals surface area contributed by atoms with Crippen molar-refractivity contribution in [1.29, 1.82) is 0 Å². The molecule has 0 bridgehead atoms. The van der Waals surface area contributed by atoms with Gasteiger partial charge in [0.15, 0.2) is 0 Å². The van der Waals surface area contributed by atoms with E-state index in [2.05, 4.69) is 0 Å². The number of hydrogen-bond donors (Lipinski definition) is 2. The van der Waals surface area contributed by atoms with Crippen LogP contribution < -0.4 is 4.74 Å². The van der Waals surface area contributed by atoms with Crippen molar-refractivity contribution in [2.45, 2.75) is 18.7 Å². The third-order valence-electron chi connectivity index (χ3n) is 2.43. The lowest BCUT2D eigenvalue weighted by Gasteiger charge is -2.30. The molecule has 0 saturated carbocycles. The molecule has 2 rings (SSSR count). The molecule has 5 nitrogen and oxygen atoms in total. The van der Waals surface area contributed by atoms with Crippen molar-refractivity contribution in [3.8, 4) is 5.75 Å². The Morgan fingerprint density at radius 3 is 2.47 bits per heavy atom. The molecule has 19 heavy (non-hydrogen) atoms. The number of halogens is 3. The van der Waals surface area contributed by atoms with Crippen LogP contribution in [0.1, 0.15) is 0 Å². The van der Waals surface area contributed by atoms with Gasteiger partial charge in [-0.15, -0.1) is 0 Å². The molecule has 106 valence electrons. The van der Waals surface area contributed by atoms with Gasteiger partial charge < -0.3 is 24.4 Å². The molecular formula is C11H11Cl3O5.